The molecular weight excluding hydrogens is 240 g/mol. The van der Waals surface area contributed by atoms with Crippen LogP contribution in [0.4, 0.5) is 0 Å². The molecule has 1 heterocycles. The van der Waals surface area contributed by atoms with E-state index in [2.05, 4.69) is 0 Å². The van der Waals surface area contributed by atoms with Gasteiger partial charge in [0.05, 0.1) is 17.1 Å². The van der Waals surface area contributed by atoms with Gasteiger partial charge < -0.3 is 9.84 Å². The molecule has 1 saturated heterocycles. The van der Waals surface area contributed by atoms with Crippen molar-refractivity contribution in [2.24, 2.45) is 0 Å². The molecule has 1 fully saturated rings. The number of hydrogen-bond acceptors (Lipinski definition) is 4. The Hall–Kier alpha value is -1.07. The summed E-state index contributed by atoms with van der Waals surface area (Å²) in [6.07, 6.45) is -0.253. The molecule has 1 aromatic carbocycles. The molecule has 4 nitrogen and oxygen atoms in total. The Balaban J connectivity index is 2.08. The number of sulfone groups is 1. The van der Waals surface area contributed by atoms with Crippen LogP contribution in [0, 0.1) is 0 Å². The molecule has 1 N–H and O–H groups in total. The Morgan fingerprint density at radius 2 is 2.00 bits per heavy atom. The lowest BCUT2D eigenvalue weighted by molar-refractivity contribution is 0.0780. The highest BCUT2D eigenvalue weighted by Crippen LogP contribution is 2.26. The Labute approximate surface area is 101 Å². The normalized spacial score (nSPS) is 19.7. The van der Waals surface area contributed by atoms with Gasteiger partial charge in [-0.2, -0.15) is 0 Å². The third kappa shape index (κ3) is 2.98. The largest absolute Gasteiger partial charge is 0.488 e. The van der Waals surface area contributed by atoms with Crippen LogP contribution in [-0.4, -0.2) is 31.1 Å². The van der Waals surface area contributed by atoms with E-state index in [-0.39, 0.29) is 17.6 Å². The first-order chi connectivity index (χ1) is 7.76. The molecule has 0 atom stereocenters. The first kappa shape index (κ1) is 12.4. The lowest BCUT2D eigenvalue weighted by atomic mass is 9.98. The molecule has 2 rings (SSSR count). The van der Waals surface area contributed by atoms with Gasteiger partial charge in [0, 0.05) is 0 Å². The van der Waals surface area contributed by atoms with Gasteiger partial charge in [-0.05, 0) is 31.5 Å². The second kappa shape index (κ2) is 3.99. The number of rotatable bonds is 3. The van der Waals surface area contributed by atoms with E-state index in [4.69, 9.17) is 4.74 Å². The number of hydrogen-bond donors (Lipinski definition) is 1. The zero-order valence-corrected chi connectivity index (χ0v) is 10.7. The molecule has 0 aliphatic carbocycles. The van der Waals surface area contributed by atoms with Gasteiger partial charge in [-0.3, -0.25) is 0 Å². The topological polar surface area (TPSA) is 63.6 Å². The molecule has 1 aromatic rings. The number of benzene rings is 1. The van der Waals surface area contributed by atoms with Gasteiger partial charge >= 0.3 is 0 Å². The van der Waals surface area contributed by atoms with Gasteiger partial charge in [0.1, 0.15) is 11.9 Å². The first-order valence-corrected chi connectivity index (χ1v) is 7.28. The Morgan fingerprint density at radius 3 is 2.53 bits per heavy atom. The Bertz CT molecular complexity index is 502. The van der Waals surface area contributed by atoms with E-state index >= 15 is 0 Å². The summed E-state index contributed by atoms with van der Waals surface area (Å²) in [5.74, 6) is 0.768. The van der Waals surface area contributed by atoms with E-state index in [0.717, 1.165) is 5.56 Å². The summed E-state index contributed by atoms with van der Waals surface area (Å²) in [5.41, 5.74) is -0.178. The van der Waals surface area contributed by atoms with Crippen molar-refractivity contribution >= 4 is 9.84 Å². The van der Waals surface area contributed by atoms with Crippen LogP contribution in [0.25, 0.3) is 0 Å². The molecule has 0 amide bonds. The van der Waals surface area contributed by atoms with E-state index in [1.807, 2.05) is 6.07 Å². The van der Waals surface area contributed by atoms with Crippen LogP contribution in [0.1, 0.15) is 19.4 Å². The zero-order chi connectivity index (χ0) is 12.7. The second-order valence-corrected chi connectivity index (χ2v) is 7.06. The van der Waals surface area contributed by atoms with E-state index in [1.165, 1.54) is 0 Å². The van der Waals surface area contributed by atoms with E-state index in [0.29, 0.717) is 5.75 Å². The van der Waals surface area contributed by atoms with Crippen molar-refractivity contribution in [3.05, 3.63) is 29.8 Å². The highest BCUT2D eigenvalue weighted by atomic mass is 32.2. The molecule has 0 spiro atoms. The molecule has 94 valence electrons. The van der Waals surface area contributed by atoms with Crippen LogP contribution in [0.3, 0.4) is 0 Å². The monoisotopic (exact) mass is 256 g/mol. The fraction of sp³-hybridized carbons (Fsp3) is 0.500. The van der Waals surface area contributed by atoms with Gasteiger partial charge in [0.2, 0.25) is 0 Å². The minimum Gasteiger partial charge on any atom is -0.488 e. The maximum atomic E-state index is 11.0. The highest BCUT2D eigenvalue weighted by molar-refractivity contribution is 7.92. The van der Waals surface area contributed by atoms with E-state index < -0.39 is 15.4 Å². The van der Waals surface area contributed by atoms with Crippen LogP contribution in [-0.2, 0) is 15.4 Å². The summed E-state index contributed by atoms with van der Waals surface area (Å²) in [4.78, 5) is 0. The second-order valence-electron chi connectivity index (χ2n) is 4.90. The van der Waals surface area contributed by atoms with Crippen molar-refractivity contribution < 1.29 is 18.3 Å². The summed E-state index contributed by atoms with van der Waals surface area (Å²) >= 11 is 0. The molecule has 17 heavy (non-hydrogen) atoms. The van der Waals surface area contributed by atoms with Crippen molar-refractivity contribution in [3.8, 4) is 5.75 Å². The van der Waals surface area contributed by atoms with Crippen molar-refractivity contribution in [3.63, 3.8) is 0 Å². The van der Waals surface area contributed by atoms with E-state index in [1.54, 1.807) is 32.0 Å². The standard InChI is InChI=1S/C12H16O4S/c1-12(2,13)9-4-3-5-10(6-9)16-11-7-17(14,15)8-11/h3-6,11,13H,7-8H2,1-2H3. The van der Waals surface area contributed by atoms with Crippen LogP contribution in [0.2, 0.25) is 0 Å². The van der Waals surface area contributed by atoms with Gasteiger partial charge in [-0.15, -0.1) is 0 Å². The summed E-state index contributed by atoms with van der Waals surface area (Å²) in [6, 6.07) is 7.10. The summed E-state index contributed by atoms with van der Waals surface area (Å²) < 4.78 is 27.5. The lowest BCUT2D eigenvalue weighted by Gasteiger charge is -2.27. The summed E-state index contributed by atoms with van der Waals surface area (Å²) in [5, 5.41) is 9.85. The average molecular weight is 256 g/mol. The predicted octanol–water partition coefficient (Wildman–Crippen LogP) is 1.09. The number of aliphatic hydroxyl groups is 1. The third-order valence-corrected chi connectivity index (χ3v) is 4.48. The van der Waals surface area contributed by atoms with Crippen LogP contribution >= 0.6 is 0 Å². The molecule has 0 aromatic heterocycles. The van der Waals surface area contributed by atoms with Gasteiger partial charge in [0.25, 0.3) is 0 Å². The van der Waals surface area contributed by atoms with Crippen LogP contribution < -0.4 is 4.74 Å². The fourth-order valence-corrected chi connectivity index (χ4v) is 2.90. The zero-order valence-electron chi connectivity index (χ0n) is 9.88. The van der Waals surface area contributed by atoms with E-state index in [9.17, 15) is 13.5 Å². The maximum absolute atomic E-state index is 11.0. The van der Waals surface area contributed by atoms with Gasteiger partial charge in [-0.1, -0.05) is 12.1 Å². The van der Waals surface area contributed by atoms with Gasteiger partial charge in [-0.25, -0.2) is 8.42 Å². The minimum absolute atomic E-state index is 0.0831. The van der Waals surface area contributed by atoms with Gasteiger partial charge in [0.15, 0.2) is 9.84 Å². The molecule has 0 saturated carbocycles. The average Bonchev–Trinajstić information content (AvgIpc) is 2.14. The van der Waals surface area contributed by atoms with Crippen molar-refractivity contribution in [1.29, 1.82) is 0 Å². The summed E-state index contributed by atoms with van der Waals surface area (Å²) in [7, 11) is -2.86. The smallest absolute Gasteiger partial charge is 0.157 e. The Kier molecular flexibility index (Phi) is 2.91. The van der Waals surface area contributed by atoms with Crippen molar-refractivity contribution in [1.82, 2.24) is 0 Å². The lowest BCUT2D eigenvalue weighted by Crippen LogP contribution is -2.45. The minimum atomic E-state index is -2.86. The molecule has 0 bridgehead atoms. The highest BCUT2D eigenvalue weighted by Gasteiger charge is 2.35. The molecular formula is C12H16O4S. The SMILES string of the molecule is CC(C)(O)c1cccc(OC2CS(=O)(=O)C2)c1. The molecule has 1 aliphatic heterocycles. The van der Waals surface area contributed by atoms with Crippen molar-refractivity contribution in [2.75, 3.05) is 11.5 Å². The Morgan fingerprint density at radius 1 is 1.35 bits per heavy atom. The van der Waals surface area contributed by atoms with Crippen LogP contribution in [0.5, 0.6) is 5.75 Å². The molecule has 5 heteroatoms. The predicted molar refractivity (Wildman–Crippen MR) is 64.8 cm³/mol. The molecule has 1 aliphatic rings. The fourth-order valence-electron chi connectivity index (χ4n) is 1.73. The first-order valence-electron chi connectivity index (χ1n) is 5.46. The number of ether oxygens (including phenoxy) is 1. The summed E-state index contributed by atoms with van der Waals surface area (Å²) in [6.45, 7) is 3.39. The quantitative estimate of drug-likeness (QED) is 0.879. The third-order valence-electron chi connectivity index (χ3n) is 2.72. The maximum Gasteiger partial charge on any atom is 0.157 e. The van der Waals surface area contributed by atoms with Crippen molar-refractivity contribution in [2.45, 2.75) is 25.6 Å². The molecule has 0 radical (unpaired) electrons. The van der Waals surface area contributed by atoms with Crippen LogP contribution in [0.15, 0.2) is 24.3 Å². The molecule has 0 unspecified atom stereocenters.